The number of carbonyl (C=O) groups excluding carboxylic acids is 2. The lowest BCUT2D eigenvalue weighted by Gasteiger charge is -2.20. The van der Waals surface area contributed by atoms with E-state index in [9.17, 15) is 18.0 Å². The molecule has 0 radical (unpaired) electrons. The number of benzene rings is 2. The second-order valence-corrected chi connectivity index (χ2v) is 9.74. The van der Waals surface area contributed by atoms with Crippen LogP contribution in [-0.4, -0.2) is 32.6 Å². The van der Waals surface area contributed by atoms with E-state index >= 15 is 0 Å². The molecule has 2 aromatic rings. The van der Waals surface area contributed by atoms with E-state index in [0.717, 1.165) is 5.56 Å². The quantitative estimate of drug-likeness (QED) is 0.245. The number of ether oxygens (including phenoxy) is 1. The summed E-state index contributed by atoms with van der Waals surface area (Å²) >= 11 is 3.30. The van der Waals surface area contributed by atoms with Gasteiger partial charge in [0.25, 0.3) is 5.91 Å². The summed E-state index contributed by atoms with van der Waals surface area (Å²) in [6.07, 6.45) is 1.39. The molecule has 10 heteroatoms. The van der Waals surface area contributed by atoms with Crippen LogP contribution in [0.1, 0.15) is 31.9 Å². The number of hydrogen-bond acceptors (Lipinski definition) is 6. The van der Waals surface area contributed by atoms with Crippen molar-refractivity contribution in [2.75, 3.05) is 0 Å². The lowest BCUT2D eigenvalue weighted by molar-refractivity contribution is -0.132. The monoisotopic (exact) mass is 509 g/mol. The van der Waals surface area contributed by atoms with Crippen molar-refractivity contribution >= 4 is 44.0 Å². The van der Waals surface area contributed by atoms with E-state index in [1.165, 1.54) is 25.3 Å². The maximum atomic E-state index is 12.6. The van der Waals surface area contributed by atoms with Crippen LogP contribution in [0.15, 0.2) is 56.9 Å². The molecular weight excluding hydrogens is 486 g/mol. The van der Waals surface area contributed by atoms with Crippen molar-refractivity contribution < 1.29 is 22.7 Å². The third kappa shape index (κ3) is 7.27. The molecule has 0 unspecified atom stereocenters. The Morgan fingerprint density at radius 1 is 1.13 bits per heavy atom. The normalized spacial score (nSPS) is 12.7. The summed E-state index contributed by atoms with van der Waals surface area (Å²) in [4.78, 5) is 23.7. The minimum Gasteiger partial charge on any atom is -0.426 e. The number of amides is 1. The Bertz CT molecular complexity index is 1080. The van der Waals surface area contributed by atoms with E-state index in [1.807, 2.05) is 6.92 Å². The Morgan fingerprint density at radius 3 is 2.32 bits per heavy atom. The van der Waals surface area contributed by atoms with Gasteiger partial charge >= 0.3 is 5.97 Å². The molecule has 166 valence electrons. The zero-order chi connectivity index (χ0) is 23.2. The van der Waals surface area contributed by atoms with E-state index in [4.69, 9.17) is 4.74 Å². The van der Waals surface area contributed by atoms with E-state index in [2.05, 4.69) is 31.2 Å². The molecule has 0 saturated carbocycles. The fourth-order valence-corrected chi connectivity index (χ4v) is 4.34. The van der Waals surface area contributed by atoms with Crippen LogP contribution < -0.4 is 14.9 Å². The summed E-state index contributed by atoms with van der Waals surface area (Å²) in [6.45, 7) is 6.62. The van der Waals surface area contributed by atoms with Gasteiger partial charge < -0.3 is 4.74 Å². The molecule has 0 bridgehead atoms. The van der Waals surface area contributed by atoms with Crippen molar-refractivity contribution in [2.24, 2.45) is 11.0 Å². The number of nitrogens with one attached hydrogen (secondary N) is 2. The molecule has 0 aliphatic rings. The molecule has 0 saturated heterocycles. The maximum Gasteiger partial charge on any atom is 0.308 e. The van der Waals surface area contributed by atoms with Gasteiger partial charge in [0, 0.05) is 6.92 Å². The van der Waals surface area contributed by atoms with Gasteiger partial charge in [-0.15, -0.1) is 0 Å². The average Bonchev–Trinajstić information content (AvgIpc) is 2.68. The molecule has 0 fully saturated rings. The summed E-state index contributed by atoms with van der Waals surface area (Å²) in [5.74, 6) is -0.980. The van der Waals surface area contributed by atoms with Gasteiger partial charge in [-0.25, -0.2) is 13.8 Å². The van der Waals surface area contributed by atoms with Crippen LogP contribution in [0.5, 0.6) is 5.75 Å². The van der Waals surface area contributed by atoms with Gasteiger partial charge in [0.2, 0.25) is 10.0 Å². The van der Waals surface area contributed by atoms with Crippen molar-refractivity contribution in [3.05, 3.63) is 58.1 Å². The van der Waals surface area contributed by atoms with Gasteiger partial charge in [0.15, 0.2) is 0 Å². The summed E-state index contributed by atoms with van der Waals surface area (Å²) in [5.41, 5.74) is 3.92. The Morgan fingerprint density at radius 2 is 1.77 bits per heavy atom. The van der Waals surface area contributed by atoms with Crippen LogP contribution in [0.4, 0.5) is 0 Å². The number of sulfonamides is 1. The molecule has 0 aliphatic heterocycles. The highest BCUT2D eigenvalue weighted by Crippen LogP contribution is 2.25. The van der Waals surface area contributed by atoms with Gasteiger partial charge in [0.05, 0.1) is 15.6 Å². The molecule has 8 nitrogen and oxygen atoms in total. The number of hydrazone groups is 1. The highest BCUT2D eigenvalue weighted by atomic mass is 79.9. The zero-order valence-electron chi connectivity index (χ0n) is 17.5. The Balaban J connectivity index is 2.08. The van der Waals surface area contributed by atoms with Crippen LogP contribution in [0.25, 0.3) is 0 Å². The maximum absolute atomic E-state index is 12.6. The van der Waals surface area contributed by atoms with Crippen molar-refractivity contribution in [1.29, 1.82) is 0 Å². The minimum atomic E-state index is -3.87. The lowest BCUT2D eigenvalue weighted by atomic mass is 10.1. The predicted molar refractivity (Wildman–Crippen MR) is 121 cm³/mol. The summed E-state index contributed by atoms with van der Waals surface area (Å²) in [6, 6.07) is 10.2. The Labute approximate surface area is 190 Å². The lowest BCUT2D eigenvalue weighted by Crippen LogP contribution is -2.48. The van der Waals surface area contributed by atoms with Crippen molar-refractivity contribution in [3.63, 3.8) is 0 Å². The molecule has 2 aromatic carbocycles. The number of hydrogen-bond donors (Lipinski definition) is 2. The highest BCUT2D eigenvalue weighted by molar-refractivity contribution is 9.10. The second-order valence-electron chi connectivity index (χ2n) is 7.17. The average molecular weight is 510 g/mol. The predicted octanol–water partition coefficient (Wildman–Crippen LogP) is 3.14. The van der Waals surface area contributed by atoms with Gasteiger partial charge in [-0.05, 0) is 64.7 Å². The second kappa shape index (κ2) is 10.7. The fourth-order valence-electron chi connectivity index (χ4n) is 2.52. The summed E-state index contributed by atoms with van der Waals surface area (Å²) < 4.78 is 33.3. The van der Waals surface area contributed by atoms with Crippen LogP contribution in [-0.2, 0) is 19.6 Å². The first-order valence-corrected chi connectivity index (χ1v) is 11.7. The fraction of sp³-hybridized carbons (Fsp3) is 0.286. The number of rotatable bonds is 8. The number of esters is 1. The van der Waals surface area contributed by atoms with E-state index in [-0.39, 0.29) is 10.8 Å². The Kier molecular flexibility index (Phi) is 8.49. The first kappa shape index (κ1) is 24.7. The SMILES string of the molecule is CC(=O)Oc1ccc(/C=N\NC(=O)[C@H](NS(=O)(=O)c2ccc(C)cc2)C(C)C)cc1Br. The van der Waals surface area contributed by atoms with Gasteiger partial charge in [-0.3, -0.25) is 9.59 Å². The minimum absolute atomic E-state index is 0.0813. The van der Waals surface area contributed by atoms with Crippen LogP contribution in [0.2, 0.25) is 0 Å². The molecule has 2 rings (SSSR count). The van der Waals surface area contributed by atoms with Crippen LogP contribution in [0.3, 0.4) is 0 Å². The van der Waals surface area contributed by atoms with Crippen molar-refractivity contribution in [2.45, 2.75) is 38.6 Å². The molecule has 0 spiro atoms. The Hall–Kier alpha value is -2.56. The molecule has 0 aliphatic carbocycles. The van der Waals surface area contributed by atoms with Crippen LogP contribution in [0, 0.1) is 12.8 Å². The molecule has 0 aromatic heterocycles. The smallest absolute Gasteiger partial charge is 0.308 e. The molecule has 1 atom stereocenters. The van der Waals surface area contributed by atoms with Gasteiger partial charge in [0.1, 0.15) is 11.8 Å². The molecule has 1 amide bonds. The van der Waals surface area contributed by atoms with Crippen LogP contribution >= 0.6 is 15.9 Å². The molecule has 31 heavy (non-hydrogen) atoms. The van der Waals surface area contributed by atoms with Gasteiger partial charge in [-0.1, -0.05) is 31.5 Å². The van der Waals surface area contributed by atoms with E-state index in [1.54, 1.807) is 44.2 Å². The van der Waals surface area contributed by atoms with Crippen molar-refractivity contribution in [3.8, 4) is 5.75 Å². The molecule has 0 heterocycles. The number of aryl methyl sites for hydroxylation is 1. The van der Waals surface area contributed by atoms with E-state index in [0.29, 0.717) is 15.8 Å². The first-order valence-electron chi connectivity index (χ1n) is 9.39. The number of carbonyl (C=O) groups is 2. The number of nitrogens with zero attached hydrogens (tertiary/aromatic N) is 1. The van der Waals surface area contributed by atoms with E-state index < -0.39 is 27.9 Å². The number of halogens is 1. The van der Waals surface area contributed by atoms with Crippen molar-refractivity contribution in [1.82, 2.24) is 10.1 Å². The first-order chi connectivity index (χ1) is 14.5. The molecule has 2 N–H and O–H groups in total. The highest BCUT2D eigenvalue weighted by Gasteiger charge is 2.28. The zero-order valence-corrected chi connectivity index (χ0v) is 20.0. The third-order valence-electron chi connectivity index (χ3n) is 4.16. The topological polar surface area (TPSA) is 114 Å². The summed E-state index contributed by atoms with van der Waals surface area (Å²) in [7, 11) is -3.87. The largest absolute Gasteiger partial charge is 0.426 e. The summed E-state index contributed by atoms with van der Waals surface area (Å²) in [5, 5.41) is 3.90. The molecular formula is C21H24BrN3O5S. The third-order valence-corrected chi connectivity index (χ3v) is 6.24. The van der Waals surface area contributed by atoms with Gasteiger partial charge in [-0.2, -0.15) is 9.82 Å². The standard InChI is InChI=1S/C21H24BrN3O5S/c1-13(2)20(25-31(28,29)17-8-5-14(3)6-9-17)21(27)24-23-12-16-7-10-19(18(22)11-16)30-15(4)26/h5-13,20,25H,1-4H3,(H,24,27)/b23-12-/t20-/m1/s1.